The molecule has 1 fully saturated rings. The van der Waals surface area contributed by atoms with Crippen LogP contribution in [-0.4, -0.2) is 44.9 Å². The van der Waals surface area contributed by atoms with Crippen molar-refractivity contribution in [3.8, 4) is 0 Å². The summed E-state index contributed by atoms with van der Waals surface area (Å²) >= 11 is 0. The average molecular weight is 307 g/mol. The number of hydrogen-bond acceptors (Lipinski definition) is 4. The van der Waals surface area contributed by atoms with E-state index in [9.17, 15) is 9.46 Å². The first kappa shape index (κ1) is 18.1. The summed E-state index contributed by atoms with van der Waals surface area (Å²) in [6, 6.07) is 0. The van der Waals surface area contributed by atoms with Crippen LogP contribution in [0.4, 0.5) is 0 Å². The van der Waals surface area contributed by atoms with E-state index in [0.29, 0.717) is 22.9 Å². The van der Waals surface area contributed by atoms with Crippen molar-refractivity contribution < 1.29 is 23.0 Å². The fourth-order valence-electron chi connectivity index (χ4n) is 2.64. The first-order valence-electron chi connectivity index (χ1n) is 7.55. The normalized spacial score (nSPS) is 27.6. The van der Waals surface area contributed by atoms with Crippen LogP contribution >= 0.6 is 7.82 Å². The largest absolute Gasteiger partial charge is 0.756 e. The highest BCUT2D eigenvalue weighted by atomic mass is 31.2. The minimum absolute atomic E-state index is 0.170. The van der Waals surface area contributed by atoms with Crippen molar-refractivity contribution in [3.05, 3.63) is 0 Å². The molecule has 0 heterocycles. The van der Waals surface area contributed by atoms with E-state index in [-0.39, 0.29) is 12.7 Å². The zero-order chi connectivity index (χ0) is 15.4. The van der Waals surface area contributed by atoms with Crippen molar-refractivity contribution in [2.75, 3.05) is 34.3 Å². The molecule has 1 aliphatic rings. The standard InChI is InChI=1S/C14H30NO4P/c1-12(2)13-8-6-7-9-14(13)19-20(16,17)18-11-10-15(3,4)5/h12-14H,6-11H2,1-5H3. The first-order valence-corrected chi connectivity index (χ1v) is 9.01. The van der Waals surface area contributed by atoms with Crippen molar-refractivity contribution in [2.24, 2.45) is 11.8 Å². The van der Waals surface area contributed by atoms with Crippen molar-refractivity contribution in [3.63, 3.8) is 0 Å². The second kappa shape index (κ2) is 7.37. The predicted molar refractivity (Wildman–Crippen MR) is 78.1 cm³/mol. The molecule has 0 aromatic heterocycles. The summed E-state index contributed by atoms with van der Waals surface area (Å²) in [7, 11) is 1.80. The van der Waals surface area contributed by atoms with Crippen molar-refractivity contribution in [1.82, 2.24) is 0 Å². The third-order valence-electron chi connectivity index (χ3n) is 3.89. The molecule has 3 atom stereocenters. The molecule has 0 aliphatic heterocycles. The average Bonchev–Trinajstić information content (AvgIpc) is 2.26. The maximum Gasteiger partial charge on any atom is 0.268 e. The molecule has 0 aromatic rings. The minimum Gasteiger partial charge on any atom is -0.756 e. The fraction of sp³-hybridized carbons (Fsp3) is 1.00. The number of phosphoric acid groups is 1. The van der Waals surface area contributed by atoms with Crippen LogP contribution in [0.2, 0.25) is 0 Å². The van der Waals surface area contributed by atoms with Gasteiger partial charge in [-0.25, -0.2) is 0 Å². The van der Waals surface area contributed by atoms with Gasteiger partial charge in [-0.15, -0.1) is 0 Å². The Morgan fingerprint density at radius 1 is 1.25 bits per heavy atom. The predicted octanol–water partition coefficient (Wildman–Crippen LogP) is 2.41. The lowest BCUT2D eigenvalue weighted by Gasteiger charge is -2.37. The lowest BCUT2D eigenvalue weighted by molar-refractivity contribution is -0.870. The van der Waals surface area contributed by atoms with E-state index >= 15 is 0 Å². The van der Waals surface area contributed by atoms with Gasteiger partial charge in [0.05, 0.1) is 27.2 Å². The van der Waals surface area contributed by atoms with Gasteiger partial charge < -0.3 is 18.4 Å². The quantitative estimate of drug-likeness (QED) is 0.535. The highest BCUT2D eigenvalue weighted by Gasteiger charge is 2.31. The lowest BCUT2D eigenvalue weighted by Crippen LogP contribution is -2.38. The molecular weight excluding hydrogens is 277 g/mol. The number of rotatable bonds is 7. The van der Waals surface area contributed by atoms with Crippen LogP contribution in [0, 0.1) is 11.8 Å². The van der Waals surface area contributed by atoms with E-state index in [4.69, 9.17) is 9.05 Å². The fourth-order valence-corrected chi connectivity index (χ4v) is 3.60. The Labute approximate surface area is 123 Å². The number of likely N-dealkylation sites (N-methyl/N-ethyl adjacent to an activating group) is 1. The monoisotopic (exact) mass is 307 g/mol. The molecule has 5 nitrogen and oxygen atoms in total. The van der Waals surface area contributed by atoms with E-state index in [1.807, 2.05) is 21.1 Å². The zero-order valence-electron chi connectivity index (χ0n) is 13.5. The Balaban J connectivity index is 2.49. The van der Waals surface area contributed by atoms with Gasteiger partial charge in [0, 0.05) is 0 Å². The summed E-state index contributed by atoms with van der Waals surface area (Å²) in [5.41, 5.74) is 0. The number of phosphoric ester groups is 1. The van der Waals surface area contributed by atoms with Gasteiger partial charge >= 0.3 is 0 Å². The second-order valence-corrected chi connectivity index (χ2v) is 8.49. The number of hydrogen-bond donors (Lipinski definition) is 0. The summed E-state index contributed by atoms with van der Waals surface area (Å²) < 4.78 is 22.9. The van der Waals surface area contributed by atoms with Gasteiger partial charge in [0.1, 0.15) is 13.2 Å². The second-order valence-electron chi connectivity index (χ2n) is 7.13. The molecule has 0 N–H and O–H groups in total. The Hall–Kier alpha value is 0.0700. The summed E-state index contributed by atoms with van der Waals surface area (Å²) in [4.78, 5) is 11.9. The molecule has 1 rings (SSSR count). The van der Waals surface area contributed by atoms with Gasteiger partial charge in [-0.05, 0) is 24.7 Å². The van der Waals surface area contributed by atoms with Gasteiger partial charge in [-0.2, -0.15) is 0 Å². The van der Waals surface area contributed by atoms with E-state index in [0.717, 1.165) is 25.7 Å². The molecule has 0 saturated heterocycles. The van der Waals surface area contributed by atoms with E-state index in [1.165, 1.54) is 0 Å². The molecule has 0 spiro atoms. The van der Waals surface area contributed by atoms with Crippen LogP contribution in [-0.2, 0) is 13.6 Å². The molecule has 6 heteroatoms. The number of nitrogens with zero attached hydrogens (tertiary/aromatic N) is 1. The van der Waals surface area contributed by atoms with E-state index in [2.05, 4.69) is 13.8 Å². The Morgan fingerprint density at radius 3 is 2.40 bits per heavy atom. The Bertz CT molecular complexity index is 341. The number of quaternary nitrogens is 1. The molecule has 0 aromatic carbocycles. The van der Waals surface area contributed by atoms with Gasteiger partial charge in [-0.1, -0.05) is 26.7 Å². The van der Waals surface area contributed by atoms with E-state index in [1.54, 1.807) is 0 Å². The molecule has 0 amide bonds. The van der Waals surface area contributed by atoms with Crippen LogP contribution in [0.25, 0.3) is 0 Å². The first-order chi connectivity index (χ1) is 9.11. The third kappa shape index (κ3) is 6.68. The molecule has 3 unspecified atom stereocenters. The molecule has 1 saturated carbocycles. The highest BCUT2D eigenvalue weighted by Crippen LogP contribution is 2.45. The van der Waals surface area contributed by atoms with Gasteiger partial charge in [0.25, 0.3) is 7.82 Å². The van der Waals surface area contributed by atoms with Crippen LogP contribution < -0.4 is 4.89 Å². The van der Waals surface area contributed by atoms with Crippen molar-refractivity contribution >= 4 is 7.82 Å². The topological polar surface area (TPSA) is 58.6 Å². The third-order valence-corrected chi connectivity index (χ3v) is 4.91. The van der Waals surface area contributed by atoms with Crippen LogP contribution in [0.5, 0.6) is 0 Å². The lowest BCUT2D eigenvalue weighted by atomic mass is 9.79. The Kier molecular flexibility index (Phi) is 6.68. The summed E-state index contributed by atoms with van der Waals surface area (Å²) in [6.45, 7) is 5.05. The molecule has 0 radical (unpaired) electrons. The van der Waals surface area contributed by atoms with Crippen molar-refractivity contribution in [2.45, 2.75) is 45.6 Å². The molecule has 120 valence electrons. The van der Waals surface area contributed by atoms with Crippen LogP contribution in [0.1, 0.15) is 39.5 Å². The SMILES string of the molecule is CC(C)C1CCCCC1OP(=O)([O-])OCC[N+](C)(C)C. The van der Waals surface area contributed by atoms with Gasteiger partial charge in [0.15, 0.2) is 0 Å². The highest BCUT2D eigenvalue weighted by molar-refractivity contribution is 7.45. The van der Waals surface area contributed by atoms with Crippen LogP contribution in [0.15, 0.2) is 0 Å². The summed E-state index contributed by atoms with van der Waals surface area (Å²) in [5.74, 6) is 0.750. The van der Waals surface area contributed by atoms with Gasteiger partial charge in [-0.3, -0.25) is 4.57 Å². The zero-order valence-corrected chi connectivity index (χ0v) is 14.4. The smallest absolute Gasteiger partial charge is 0.268 e. The maximum atomic E-state index is 11.9. The maximum absolute atomic E-state index is 11.9. The summed E-state index contributed by atoms with van der Waals surface area (Å²) in [5, 5.41) is 0. The summed E-state index contributed by atoms with van der Waals surface area (Å²) in [6.07, 6.45) is 3.84. The molecule has 1 aliphatic carbocycles. The minimum atomic E-state index is -4.18. The van der Waals surface area contributed by atoms with Crippen molar-refractivity contribution in [1.29, 1.82) is 0 Å². The molecule has 20 heavy (non-hydrogen) atoms. The Morgan fingerprint density at radius 2 is 1.85 bits per heavy atom. The van der Waals surface area contributed by atoms with E-state index < -0.39 is 7.82 Å². The molecule has 0 bridgehead atoms. The van der Waals surface area contributed by atoms with Gasteiger partial charge in [0.2, 0.25) is 0 Å². The molecular formula is C14H30NO4P. The van der Waals surface area contributed by atoms with Crippen LogP contribution in [0.3, 0.4) is 0 Å².